The van der Waals surface area contributed by atoms with Crippen LogP contribution in [-0.4, -0.2) is 47.8 Å². The minimum Gasteiger partial charge on any atom is -0.321 e. The highest BCUT2D eigenvalue weighted by molar-refractivity contribution is 7.99. The summed E-state index contributed by atoms with van der Waals surface area (Å²) in [5.74, 6) is 1.06. The number of rotatable bonds is 6. The summed E-state index contributed by atoms with van der Waals surface area (Å²) < 4.78 is 29.0. The first kappa shape index (κ1) is 21.8. The Bertz CT molecular complexity index is 1230. The number of aromatic nitrogens is 1. The number of anilines is 1. The number of amides is 1. The van der Waals surface area contributed by atoms with E-state index in [9.17, 15) is 18.0 Å². The van der Waals surface area contributed by atoms with Crippen molar-refractivity contribution in [2.45, 2.75) is 11.4 Å². The molecule has 1 fully saturated rings. The smallest absolute Gasteiger partial charge is 0.267 e. The molecular formula is C21H21N3O4S3. The molecule has 1 N–H and O–H groups in total. The van der Waals surface area contributed by atoms with Crippen molar-refractivity contribution in [3.05, 3.63) is 80.9 Å². The van der Waals surface area contributed by atoms with Gasteiger partial charge in [-0.15, -0.1) is 11.3 Å². The molecule has 0 radical (unpaired) electrons. The molecule has 0 saturated carbocycles. The van der Waals surface area contributed by atoms with E-state index in [4.69, 9.17) is 0 Å². The van der Waals surface area contributed by atoms with Gasteiger partial charge in [-0.1, -0.05) is 18.2 Å². The molecule has 7 nitrogen and oxygen atoms in total. The fraction of sp³-hybridized carbons (Fsp3) is 0.238. The molecule has 3 aromatic rings. The zero-order valence-corrected chi connectivity index (χ0v) is 19.0. The zero-order valence-electron chi connectivity index (χ0n) is 16.6. The fourth-order valence-electron chi connectivity index (χ4n) is 3.26. The quantitative estimate of drug-likeness (QED) is 0.592. The lowest BCUT2D eigenvalue weighted by Crippen LogP contribution is -2.38. The van der Waals surface area contributed by atoms with Crippen LogP contribution < -0.4 is 10.9 Å². The van der Waals surface area contributed by atoms with Crippen molar-refractivity contribution in [2.75, 3.05) is 29.9 Å². The average molecular weight is 476 g/mol. The molecular weight excluding hydrogens is 454 g/mol. The number of benzene rings is 1. The van der Waals surface area contributed by atoms with E-state index >= 15 is 0 Å². The van der Waals surface area contributed by atoms with Gasteiger partial charge < -0.3 is 9.88 Å². The minimum atomic E-state index is -3.69. The second-order valence-corrected chi connectivity index (χ2v) is 11.0. The van der Waals surface area contributed by atoms with Gasteiger partial charge >= 0.3 is 0 Å². The summed E-state index contributed by atoms with van der Waals surface area (Å²) in [7, 11) is -3.69. The number of hydrogen-bond acceptors (Lipinski definition) is 6. The number of pyridine rings is 1. The summed E-state index contributed by atoms with van der Waals surface area (Å²) >= 11 is 2.84. The Morgan fingerprint density at radius 2 is 1.77 bits per heavy atom. The lowest BCUT2D eigenvalue weighted by molar-refractivity contribution is 0.102. The molecule has 10 heteroatoms. The van der Waals surface area contributed by atoms with Crippen molar-refractivity contribution in [1.82, 2.24) is 8.87 Å². The van der Waals surface area contributed by atoms with Crippen molar-refractivity contribution in [3.63, 3.8) is 0 Å². The lowest BCUT2D eigenvalue weighted by atomic mass is 10.2. The van der Waals surface area contributed by atoms with Gasteiger partial charge in [0.15, 0.2) is 0 Å². The number of hydrogen-bond donors (Lipinski definition) is 1. The highest BCUT2D eigenvalue weighted by Gasteiger charge is 2.31. The monoisotopic (exact) mass is 475 g/mol. The number of carbonyl (C=O) groups is 1. The van der Waals surface area contributed by atoms with Crippen LogP contribution in [0, 0.1) is 0 Å². The standard InChI is InChI=1S/C21H21N3O4S3/c25-19-3-1-2-9-23(19)15-16-4-6-17(7-5-16)22-21(26)20-18(8-12-30-20)31(27,28)24-10-13-29-14-11-24/h1-9,12H,10-11,13-15H2,(H,22,26). The molecule has 0 spiro atoms. The van der Waals surface area contributed by atoms with Crippen LogP contribution in [0.5, 0.6) is 0 Å². The molecule has 1 aliphatic heterocycles. The molecule has 2 aromatic heterocycles. The van der Waals surface area contributed by atoms with E-state index < -0.39 is 15.9 Å². The summed E-state index contributed by atoms with van der Waals surface area (Å²) in [5, 5.41) is 4.40. The van der Waals surface area contributed by atoms with Crippen molar-refractivity contribution in [1.29, 1.82) is 0 Å². The first-order valence-electron chi connectivity index (χ1n) is 9.66. The fourth-order valence-corrected chi connectivity index (χ4v) is 7.13. The number of sulfonamides is 1. The van der Waals surface area contributed by atoms with E-state index in [0.29, 0.717) is 25.3 Å². The summed E-state index contributed by atoms with van der Waals surface area (Å²) in [6.45, 7) is 1.33. The maximum absolute atomic E-state index is 13.0. The third kappa shape index (κ3) is 4.93. The highest BCUT2D eigenvalue weighted by atomic mass is 32.2. The van der Waals surface area contributed by atoms with E-state index in [0.717, 1.165) is 28.4 Å². The SMILES string of the molecule is O=C(Nc1ccc(Cn2ccccc2=O)cc1)c1sccc1S(=O)(=O)N1CCSCC1. The highest BCUT2D eigenvalue weighted by Crippen LogP contribution is 2.28. The lowest BCUT2D eigenvalue weighted by Gasteiger charge is -2.25. The zero-order chi connectivity index (χ0) is 21.8. The van der Waals surface area contributed by atoms with E-state index in [2.05, 4.69) is 5.32 Å². The number of nitrogens with one attached hydrogen (secondary N) is 1. The van der Waals surface area contributed by atoms with Crippen molar-refractivity contribution >= 4 is 44.7 Å². The molecule has 1 amide bonds. The number of thiophene rings is 1. The predicted octanol–water partition coefficient (Wildman–Crippen LogP) is 2.95. The summed E-state index contributed by atoms with van der Waals surface area (Å²) in [4.78, 5) is 24.9. The van der Waals surface area contributed by atoms with E-state index in [1.54, 1.807) is 52.2 Å². The van der Waals surface area contributed by atoms with Crippen molar-refractivity contribution < 1.29 is 13.2 Å². The Kier molecular flexibility index (Phi) is 6.61. The van der Waals surface area contributed by atoms with Gasteiger partial charge in [0.1, 0.15) is 9.77 Å². The Hall–Kier alpha value is -2.40. The molecule has 1 saturated heterocycles. The van der Waals surface area contributed by atoms with E-state index in [1.165, 1.54) is 16.4 Å². The van der Waals surface area contributed by atoms with Gasteiger partial charge in [0.05, 0.1) is 6.54 Å². The third-order valence-electron chi connectivity index (χ3n) is 4.89. The van der Waals surface area contributed by atoms with Gasteiger partial charge in [-0.2, -0.15) is 16.1 Å². The Labute approximate surface area is 188 Å². The molecule has 1 aromatic carbocycles. The topological polar surface area (TPSA) is 88.5 Å². The molecule has 4 rings (SSSR count). The minimum absolute atomic E-state index is 0.0574. The first-order chi connectivity index (χ1) is 14.9. The third-order valence-corrected chi connectivity index (χ3v) is 8.81. The van der Waals surface area contributed by atoms with Gasteiger partial charge in [0, 0.05) is 42.5 Å². The van der Waals surface area contributed by atoms with Gasteiger partial charge in [0.2, 0.25) is 10.0 Å². The van der Waals surface area contributed by atoms with E-state index in [-0.39, 0.29) is 15.3 Å². The second-order valence-electron chi connectivity index (χ2n) is 6.95. The van der Waals surface area contributed by atoms with Crippen LogP contribution in [0.25, 0.3) is 0 Å². The molecule has 1 aliphatic rings. The van der Waals surface area contributed by atoms with E-state index in [1.807, 2.05) is 12.1 Å². The molecule has 31 heavy (non-hydrogen) atoms. The normalized spacial score (nSPS) is 15.0. The summed E-state index contributed by atoms with van der Waals surface area (Å²) in [6.07, 6.45) is 1.72. The Balaban J connectivity index is 1.47. The maximum Gasteiger partial charge on any atom is 0.267 e. The second kappa shape index (κ2) is 9.39. The number of nitrogens with zero attached hydrogens (tertiary/aromatic N) is 2. The van der Waals surface area contributed by atoms with Crippen LogP contribution >= 0.6 is 23.1 Å². The number of carbonyl (C=O) groups excluding carboxylic acids is 1. The van der Waals surface area contributed by atoms with Crippen molar-refractivity contribution in [2.24, 2.45) is 0 Å². The predicted molar refractivity (Wildman–Crippen MR) is 125 cm³/mol. The van der Waals surface area contributed by atoms with Crippen LogP contribution in [-0.2, 0) is 16.6 Å². The Morgan fingerprint density at radius 3 is 2.48 bits per heavy atom. The van der Waals surface area contributed by atoms with Crippen LogP contribution in [0.3, 0.4) is 0 Å². The Morgan fingerprint density at radius 1 is 1.03 bits per heavy atom. The summed E-state index contributed by atoms with van der Waals surface area (Å²) in [6, 6.07) is 13.6. The van der Waals surface area contributed by atoms with Gasteiger partial charge in [-0.25, -0.2) is 8.42 Å². The maximum atomic E-state index is 13.0. The molecule has 0 bridgehead atoms. The summed E-state index contributed by atoms with van der Waals surface area (Å²) in [5.41, 5.74) is 1.38. The van der Waals surface area contributed by atoms with Crippen LogP contribution in [0.4, 0.5) is 5.69 Å². The van der Waals surface area contributed by atoms with Gasteiger partial charge in [-0.05, 0) is 35.2 Å². The molecule has 162 valence electrons. The van der Waals surface area contributed by atoms with Crippen LogP contribution in [0.2, 0.25) is 0 Å². The van der Waals surface area contributed by atoms with Gasteiger partial charge in [0.25, 0.3) is 11.5 Å². The van der Waals surface area contributed by atoms with Crippen molar-refractivity contribution in [3.8, 4) is 0 Å². The molecule has 0 atom stereocenters. The first-order valence-corrected chi connectivity index (χ1v) is 13.1. The molecule has 0 unspecified atom stereocenters. The van der Waals surface area contributed by atoms with Gasteiger partial charge in [-0.3, -0.25) is 9.59 Å². The van der Waals surface area contributed by atoms with Crippen LogP contribution in [0.1, 0.15) is 15.2 Å². The largest absolute Gasteiger partial charge is 0.321 e. The molecule has 0 aliphatic carbocycles. The van der Waals surface area contributed by atoms with Crippen LogP contribution in [0.15, 0.2) is 69.8 Å². The average Bonchev–Trinajstić information content (AvgIpc) is 3.28. The molecule has 3 heterocycles. The number of thioether (sulfide) groups is 1.